The molecule has 1 aromatic rings. The van der Waals surface area contributed by atoms with E-state index in [0.717, 1.165) is 31.2 Å². The van der Waals surface area contributed by atoms with Gasteiger partial charge in [-0.15, -0.1) is 0 Å². The van der Waals surface area contributed by atoms with Crippen LogP contribution in [0.15, 0.2) is 12.3 Å². The third-order valence-electron chi connectivity index (χ3n) is 4.30. The highest BCUT2D eigenvalue weighted by molar-refractivity contribution is 6.28. The van der Waals surface area contributed by atoms with Crippen LogP contribution in [0.5, 0.6) is 0 Å². The van der Waals surface area contributed by atoms with E-state index in [4.69, 9.17) is 17.3 Å². The average molecular weight is 267 g/mol. The maximum Gasteiger partial charge on any atom is 0.222 e. The Labute approximate surface area is 113 Å². The van der Waals surface area contributed by atoms with Crippen molar-refractivity contribution in [2.45, 2.75) is 31.8 Å². The Morgan fingerprint density at radius 3 is 3.06 bits per heavy atom. The highest BCUT2D eigenvalue weighted by Crippen LogP contribution is 2.35. The molecule has 1 aromatic heterocycles. The first kappa shape index (κ1) is 12.3. The fraction of sp³-hybridized carbons (Fsp3) is 0.692. The summed E-state index contributed by atoms with van der Waals surface area (Å²) >= 11 is 5.81. The largest absolute Gasteiger partial charge is 0.327 e. The molecule has 98 valence electrons. The van der Waals surface area contributed by atoms with Gasteiger partial charge in [-0.3, -0.25) is 4.90 Å². The normalized spacial score (nSPS) is 32.4. The number of nitrogens with zero attached hydrogens (tertiary/aromatic N) is 3. The van der Waals surface area contributed by atoms with Gasteiger partial charge in [0.1, 0.15) is 0 Å². The maximum atomic E-state index is 6.23. The Morgan fingerprint density at radius 2 is 2.28 bits per heavy atom. The summed E-state index contributed by atoms with van der Waals surface area (Å²) in [6.45, 7) is 3.12. The third-order valence-corrected chi connectivity index (χ3v) is 4.48. The van der Waals surface area contributed by atoms with Crippen LogP contribution in [0.2, 0.25) is 5.28 Å². The molecule has 5 heteroatoms. The number of hydrogen-bond donors (Lipinski definition) is 1. The minimum absolute atomic E-state index is 0.334. The van der Waals surface area contributed by atoms with E-state index in [1.54, 1.807) is 6.20 Å². The predicted octanol–water partition coefficient (Wildman–Crippen LogP) is 1.69. The lowest BCUT2D eigenvalue weighted by Gasteiger charge is -2.29. The Morgan fingerprint density at radius 1 is 1.39 bits per heavy atom. The molecule has 4 nitrogen and oxygen atoms in total. The third kappa shape index (κ3) is 2.51. The van der Waals surface area contributed by atoms with E-state index in [2.05, 4.69) is 14.9 Å². The molecule has 18 heavy (non-hydrogen) atoms. The maximum absolute atomic E-state index is 6.23. The van der Waals surface area contributed by atoms with Crippen molar-refractivity contribution in [3.63, 3.8) is 0 Å². The number of nitrogens with two attached hydrogens (primary N) is 1. The van der Waals surface area contributed by atoms with Crippen LogP contribution in [0, 0.1) is 11.8 Å². The monoisotopic (exact) mass is 266 g/mol. The molecule has 2 N–H and O–H groups in total. The molecule has 1 aliphatic heterocycles. The summed E-state index contributed by atoms with van der Waals surface area (Å²) in [7, 11) is 0. The summed E-state index contributed by atoms with van der Waals surface area (Å²) in [5.41, 5.74) is 7.23. The summed E-state index contributed by atoms with van der Waals surface area (Å²) in [5.74, 6) is 1.46. The zero-order chi connectivity index (χ0) is 12.5. The van der Waals surface area contributed by atoms with Gasteiger partial charge in [0.2, 0.25) is 5.28 Å². The standard InChI is InChI=1S/C13H19ClN4/c14-13-16-5-4-10(17-13)7-18-6-9-2-1-3-12(15)11(9)8-18/h4-5,9,11-12H,1-3,6-8,15H2. The van der Waals surface area contributed by atoms with Crippen LogP contribution in [0.3, 0.4) is 0 Å². The smallest absolute Gasteiger partial charge is 0.222 e. The van der Waals surface area contributed by atoms with Gasteiger partial charge >= 0.3 is 0 Å². The molecule has 3 rings (SSSR count). The molecule has 3 atom stereocenters. The molecule has 2 fully saturated rings. The zero-order valence-corrected chi connectivity index (χ0v) is 11.2. The van der Waals surface area contributed by atoms with Crippen molar-refractivity contribution in [2.24, 2.45) is 17.6 Å². The predicted molar refractivity (Wildman–Crippen MR) is 71.1 cm³/mol. The van der Waals surface area contributed by atoms with Crippen LogP contribution < -0.4 is 5.73 Å². The average Bonchev–Trinajstić information content (AvgIpc) is 2.73. The first-order valence-corrected chi connectivity index (χ1v) is 7.05. The van der Waals surface area contributed by atoms with Crippen LogP contribution in [0.4, 0.5) is 0 Å². The lowest BCUT2D eigenvalue weighted by molar-refractivity contribution is 0.259. The van der Waals surface area contributed by atoms with E-state index in [9.17, 15) is 0 Å². The summed E-state index contributed by atoms with van der Waals surface area (Å²) in [5, 5.41) is 0.334. The van der Waals surface area contributed by atoms with E-state index in [0.29, 0.717) is 17.2 Å². The molecule has 0 aromatic carbocycles. The van der Waals surface area contributed by atoms with Crippen LogP contribution in [0.25, 0.3) is 0 Å². The van der Waals surface area contributed by atoms with Crippen molar-refractivity contribution in [1.82, 2.24) is 14.9 Å². The lowest BCUT2D eigenvalue weighted by Crippen LogP contribution is -2.38. The Kier molecular flexibility index (Phi) is 3.50. The molecule has 0 radical (unpaired) electrons. The number of aromatic nitrogens is 2. The van der Waals surface area contributed by atoms with E-state index < -0.39 is 0 Å². The highest BCUT2D eigenvalue weighted by Gasteiger charge is 2.38. The van der Waals surface area contributed by atoms with Gasteiger partial charge in [0.15, 0.2) is 0 Å². The minimum atomic E-state index is 0.334. The molecule has 0 spiro atoms. The summed E-state index contributed by atoms with van der Waals surface area (Å²) in [6, 6.07) is 2.33. The number of likely N-dealkylation sites (tertiary alicyclic amines) is 1. The molecule has 0 bridgehead atoms. The number of halogens is 1. The number of rotatable bonds is 2. The SMILES string of the molecule is NC1CCCC2CN(Cc3ccnc(Cl)n3)CC12. The Bertz CT molecular complexity index is 425. The first-order chi connectivity index (χ1) is 8.72. The molecule has 1 saturated heterocycles. The van der Waals surface area contributed by atoms with E-state index >= 15 is 0 Å². The van der Waals surface area contributed by atoms with Crippen LogP contribution in [-0.4, -0.2) is 34.0 Å². The quantitative estimate of drug-likeness (QED) is 0.828. The molecule has 2 aliphatic rings. The second-order valence-electron chi connectivity index (χ2n) is 5.53. The van der Waals surface area contributed by atoms with Gasteiger partial charge in [-0.25, -0.2) is 9.97 Å². The molecule has 0 amide bonds. The molecule has 2 heterocycles. The van der Waals surface area contributed by atoms with Crippen molar-refractivity contribution < 1.29 is 0 Å². The van der Waals surface area contributed by atoms with Crippen molar-refractivity contribution in [1.29, 1.82) is 0 Å². The zero-order valence-electron chi connectivity index (χ0n) is 10.4. The van der Waals surface area contributed by atoms with E-state index in [1.807, 2.05) is 6.07 Å². The van der Waals surface area contributed by atoms with Crippen molar-refractivity contribution in [2.75, 3.05) is 13.1 Å². The van der Waals surface area contributed by atoms with Gasteiger partial charge in [-0.05, 0) is 42.3 Å². The molecular weight excluding hydrogens is 248 g/mol. The fourth-order valence-electron chi connectivity index (χ4n) is 3.42. The lowest BCUT2D eigenvalue weighted by atomic mass is 9.78. The summed E-state index contributed by atoms with van der Waals surface area (Å²) < 4.78 is 0. The summed E-state index contributed by atoms with van der Waals surface area (Å²) in [4.78, 5) is 10.6. The van der Waals surface area contributed by atoms with E-state index in [-0.39, 0.29) is 0 Å². The van der Waals surface area contributed by atoms with Crippen LogP contribution >= 0.6 is 11.6 Å². The van der Waals surface area contributed by atoms with Crippen molar-refractivity contribution in [3.05, 3.63) is 23.2 Å². The van der Waals surface area contributed by atoms with Gasteiger partial charge in [0.05, 0.1) is 5.69 Å². The van der Waals surface area contributed by atoms with Gasteiger partial charge in [0, 0.05) is 31.9 Å². The second-order valence-corrected chi connectivity index (χ2v) is 5.87. The molecular formula is C13H19ClN4. The minimum Gasteiger partial charge on any atom is -0.327 e. The van der Waals surface area contributed by atoms with Crippen LogP contribution in [-0.2, 0) is 6.54 Å². The molecule has 1 aliphatic carbocycles. The van der Waals surface area contributed by atoms with Gasteiger partial charge in [-0.2, -0.15) is 0 Å². The second kappa shape index (κ2) is 5.11. The van der Waals surface area contributed by atoms with Gasteiger partial charge in [0.25, 0.3) is 0 Å². The van der Waals surface area contributed by atoms with E-state index in [1.165, 1.54) is 19.3 Å². The summed E-state index contributed by atoms with van der Waals surface area (Å²) in [6.07, 6.45) is 5.53. The highest BCUT2D eigenvalue weighted by atomic mass is 35.5. The fourth-order valence-corrected chi connectivity index (χ4v) is 3.59. The molecule has 1 saturated carbocycles. The first-order valence-electron chi connectivity index (χ1n) is 6.68. The van der Waals surface area contributed by atoms with Crippen molar-refractivity contribution in [3.8, 4) is 0 Å². The number of fused-ring (bicyclic) bond motifs is 1. The van der Waals surface area contributed by atoms with Gasteiger partial charge in [-0.1, -0.05) is 6.42 Å². The van der Waals surface area contributed by atoms with Gasteiger partial charge < -0.3 is 5.73 Å². The Balaban J connectivity index is 1.65. The number of hydrogen-bond acceptors (Lipinski definition) is 4. The topological polar surface area (TPSA) is 55.0 Å². The van der Waals surface area contributed by atoms with Crippen molar-refractivity contribution >= 4 is 11.6 Å². The molecule has 3 unspecified atom stereocenters. The Hall–Kier alpha value is -0.710. The van der Waals surface area contributed by atoms with Crippen LogP contribution in [0.1, 0.15) is 25.0 Å².